The summed E-state index contributed by atoms with van der Waals surface area (Å²) < 4.78 is 5.39. The molecule has 2 fully saturated rings. The van der Waals surface area contributed by atoms with Gasteiger partial charge in [-0.05, 0) is 64.4 Å². The van der Waals surface area contributed by atoms with Crippen molar-refractivity contribution < 1.29 is 14.3 Å². The second-order valence-corrected chi connectivity index (χ2v) is 11.6. The van der Waals surface area contributed by atoms with Gasteiger partial charge < -0.3 is 15.4 Å². The maximum absolute atomic E-state index is 12.7. The molecule has 2 aliphatic rings. The SMILES string of the molecule is CC(C)C[C@@H](/C=C/CC(=O)N[C@@H]1CC2CCC[C@@H](C1)N2Cc1ccccc1)NC(=O)OC(C)(C)C. The van der Waals surface area contributed by atoms with E-state index in [4.69, 9.17) is 4.74 Å². The number of amides is 2. The van der Waals surface area contributed by atoms with Crippen molar-refractivity contribution in [2.45, 2.75) is 116 Å². The Morgan fingerprint density at radius 1 is 1.11 bits per heavy atom. The molecule has 1 aromatic rings. The van der Waals surface area contributed by atoms with Crippen LogP contribution >= 0.6 is 0 Å². The number of carbonyl (C=O) groups excluding carboxylic acids is 2. The van der Waals surface area contributed by atoms with Crippen LogP contribution < -0.4 is 10.6 Å². The normalized spacial score (nSPS) is 23.8. The van der Waals surface area contributed by atoms with Crippen LogP contribution in [0.5, 0.6) is 0 Å². The highest BCUT2D eigenvalue weighted by Crippen LogP contribution is 2.35. The van der Waals surface area contributed by atoms with Gasteiger partial charge in [-0.1, -0.05) is 62.8 Å². The van der Waals surface area contributed by atoms with E-state index in [-0.39, 0.29) is 18.0 Å². The van der Waals surface area contributed by atoms with Gasteiger partial charge in [0.25, 0.3) is 0 Å². The smallest absolute Gasteiger partial charge is 0.408 e. The molecule has 2 amide bonds. The topological polar surface area (TPSA) is 70.7 Å². The summed E-state index contributed by atoms with van der Waals surface area (Å²) in [6.07, 6.45) is 10.3. The number of piperidine rings is 2. The first kappa shape index (κ1) is 27.3. The fraction of sp³-hybridized carbons (Fsp3) is 0.655. The molecule has 2 heterocycles. The third kappa shape index (κ3) is 9.32. The fourth-order valence-electron chi connectivity index (χ4n) is 5.43. The van der Waals surface area contributed by atoms with Gasteiger partial charge in [-0.2, -0.15) is 0 Å². The average molecular weight is 484 g/mol. The molecule has 2 saturated heterocycles. The zero-order chi connectivity index (χ0) is 25.4. The standard InChI is InChI=1S/C29H45N3O3/c1-21(2)17-23(31-28(34)35-29(3,4)5)13-9-16-27(33)30-24-18-25-14-10-15-26(19-24)32(25)20-22-11-7-6-8-12-22/h6-9,11-13,21,23-26H,10,14-20H2,1-5H3,(H,30,33)(H,31,34)/b13-9+/t23-,24-,25?,26+/m1/s1. The van der Waals surface area contributed by atoms with E-state index in [2.05, 4.69) is 59.7 Å². The molecule has 6 heteroatoms. The van der Waals surface area contributed by atoms with Crippen LogP contribution in [-0.4, -0.2) is 46.7 Å². The molecule has 2 aliphatic heterocycles. The quantitative estimate of drug-likeness (QED) is 0.450. The largest absolute Gasteiger partial charge is 0.444 e. The first-order chi connectivity index (χ1) is 16.6. The Labute approximate surface area is 211 Å². The summed E-state index contributed by atoms with van der Waals surface area (Å²) in [4.78, 5) is 27.6. The molecule has 1 aromatic carbocycles. The Hall–Kier alpha value is -2.34. The summed E-state index contributed by atoms with van der Waals surface area (Å²) in [5, 5.41) is 6.22. The third-order valence-corrected chi connectivity index (χ3v) is 6.80. The van der Waals surface area contributed by atoms with E-state index < -0.39 is 11.7 Å². The van der Waals surface area contributed by atoms with Crippen molar-refractivity contribution >= 4 is 12.0 Å². The minimum absolute atomic E-state index is 0.0568. The van der Waals surface area contributed by atoms with E-state index >= 15 is 0 Å². The van der Waals surface area contributed by atoms with Crippen LogP contribution in [0.3, 0.4) is 0 Å². The molecule has 2 N–H and O–H groups in total. The first-order valence-electron chi connectivity index (χ1n) is 13.3. The molecule has 6 nitrogen and oxygen atoms in total. The Bertz CT molecular complexity index is 832. The van der Waals surface area contributed by atoms with Crippen molar-refractivity contribution in [2.75, 3.05) is 0 Å². The molecule has 194 valence electrons. The summed E-state index contributed by atoms with van der Waals surface area (Å²) in [6.45, 7) is 10.8. The van der Waals surface area contributed by atoms with Crippen molar-refractivity contribution in [3.05, 3.63) is 48.0 Å². The number of hydrogen-bond donors (Lipinski definition) is 2. The van der Waals surface area contributed by atoms with Crippen molar-refractivity contribution in [1.82, 2.24) is 15.5 Å². The lowest BCUT2D eigenvalue weighted by molar-refractivity contribution is -0.121. The number of nitrogens with zero attached hydrogens (tertiary/aromatic N) is 1. The zero-order valence-electron chi connectivity index (χ0n) is 22.3. The Morgan fingerprint density at radius 2 is 1.77 bits per heavy atom. The number of alkyl carbamates (subject to hydrolysis) is 1. The molecule has 35 heavy (non-hydrogen) atoms. The molecule has 0 saturated carbocycles. The van der Waals surface area contributed by atoms with Crippen molar-refractivity contribution in [2.24, 2.45) is 5.92 Å². The average Bonchev–Trinajstić information content (AvgIpc) is 2.73. The number of rotatable bonds is 9. The van der Waals surface area contributed by atoms with Gasteiger partial charge in [-0.25, -0.2) is 4.79 Å². The summed E-state index contributed by atoms with van der Waals surface area (Å²) in [7, 11) is 0. The minimum Gasteiger partial charge on any atom is -0.444 e. The minimum atomic E-state index is -0.537. The summed E-state index contributed by atoms with van der Waals surface area (Å²) in [6, 6.07) is 11.9. The van der Waals surface area contributed by atoms with Crippen LogP contribution in [0, 0.1) is 5.92 Å². The first-order valence-corrected chi connectivity index (χ1v) is 13.3. The second-order valence-electron chi connectivity index (χ2n) is 11.6. The number of nitrogens with one attached hydrogen (secondary N) is 2. The van der Waals surface area contributed by atoms with Crippen LogP contribution in [0.2, 0.25) is 0 Å². The van der Waals surface area contributed by atoms with E-state index in [0.717, 1.165) is 25.8 Å². The monoisotopic (exact) mass is 483 g/mol. The highest BCUT2D eigenvalue weighted by atomic mass is 16.6. The maximum Gasteiger partial charge on any atom is 0.408 e. The van der Waals surface area contributed by atoms with Crippen molar-refractivity contribution in [3.8, 4) is 0 Å². The highest BCUT2D eigenvalue weighted by Gasteiger charge is 2.38. The molecule has 0 spiro atoms. The van der Waals surface area contributed by atoms with E-state index in [1.54, 1.807) is 0 Å². The van der Waals surface area contributed by atoms with Crippen LogP contribution in [0.1, 0.15) is 85.1 Å². The Kier molecular flexibility index (Phi) is 9.79. The highest BCUT2D eigenvalue weighted by molar-refractivity contribution is 5.77. The van der Waals surface area contributed by atoms with E-state index in [1.165, 1.54) is 24.8 Å². The van der Waals surface area contributed by atoms with Gasteiger partial charge in [0.15, 0.2) is 0 Å². The molecule has 2 bridgehead atoms. The Morgan fingerprint density at radius 3 is 2.37 bits per heavy atom. The lowest BCUT2D eigenvalue weighted by Crippen LogP contribution is -2.56. The van der Waals surface area contributed by atoms with Crippen LogP contribution in [0.4, 0.5) is 4.79 Å². The maximum atomic E-state index is 12.7. The number of carbonyl (C=O) groups is 2. The van der Waals surface area contributed by atoms with Gasteiger partial charge in [0, 0.05) is 31.1 Å². The lowest BCUT2D eigenvalue weighted by atomic mass is 9.81. The van der Waals surface area contributed by atoms with Crippen LogP contribution in [0.15, 0.2) is 42.5 Å². The molecular weight excluding hydrogens is 438 g/mol. The van der Waals surface area contributed by atoms with Gasteiger partial charge in [0.2, 0.25) is 5.91 Å². The van der Waals surface area contributed by atoms with Gasteiger partial charge in [0.1, 0.15) is 5.60 Å². The molecule has 0 aromatic heterocycles. The molecule has 4 atom stereocenters. The predicted molar refractivity (Wildman–Crippen MR) is 141 cm³/mol. The summed E-state index contributed by atoms with van der Waals surface area (Å²) in [5.41, 5.74) is 0.832. The van der Waals surface area contributed by atoms with Crippen LogP contribution in [-0.2, 0) is 16.1 Å². The van der Waals surface area contributed by atoms with Gasteiger partial charge >= 0.3 is 6.09 Å². The van der Waals surface area contributed by atoms with Crippen molar-refractivity contribution in [3.63, 3.8) is 0 Å². The van der Waals surface area contributed by atoms with Gasteiger partial charge in [-0.15, -0.1) is 0 Å². The van der Waals surface area contributed by atoms with E-state index in [1.807, 2.05) is 32.9 Å². The summed E-state index contributed by atoms with van der Waals surface area (Å²) >= 11 is 0. The number of hydrogen-bond acceptors (Lipinski definition) is 4. The molecule has 0 radical (unpaired) electrons. The molecule has 3 rings (SSSR count). The van der Waals surface area contributed by atoms with Gasteiger partial charge in [0.05, 0.1) is 6.04 Å². The predicted octanol–water partition coefficient (Wildman–Crippen LogP) is 5.57. The molecular formula is C29H45N3O3. The zero-order valence-corrected chi connectivity index (χ0v) is 22.3. The van der Waals surface area contributed by atoms with Gasteiger partial charge in [-0.3, -0.25) is 9.69 Å². The molecule has 0 aliphatic carbocycles. The number of benzene rings is 1. The number of fused-ring (bicyclic) bond motifs is 2. The summed E-state index contributed by atoms with van der Waals surface area (Å²) in [5.74, 6) is 0.468. The van der Waals surface area contributed by atoms with E-state index in [0.29, 0.717) is 24.4 Å². The fourth-order valence-corrected chi connectivity index (χ4v) is 5.43. The van der Waals surface area contributed by atoms with Crippen LogP contribution in [0.25, 0.3) is 0 Å². The van der Waals surface area contributed by atoms with Crippen molar-refractivity contribution in [1.29, 1.82) is 0 Å². The van der Waals surface area contributed by atoms with E-state index in [9.17, 15) is 9.59 Å². The Balaban J connectivity index is 1.49. The lowest BCUT2D eigenvalue weighted by Gasteiger charge is -2.49. The third-order valence-electron chi connectivity index (χ3n) is 6.80. The number of ether oxygens (including phenoxy) is 1. The second kappa shape index (κ2) is 12.6. The molecule has 1 unspecified atom stereocenters.